The lowest BCUT2D eigenvalue weighted by atomic mass is 9.77. The van der Waals surface area contributed by atoms with Gasteiger partial charge in [-0.15, -0.1) is 0 Å². The number of nitrogens with zero attached hydrogens (tertiary/aromatic N) is 1. The SMILES string of the molecule is CC1=CC(=O)C(C(=O)O)=C[N+]1(C)C1CC(C)(C)NC(C)(C)C1. The summed E-state index contributed by atoms with van der Waals surface area (Å²) in [6.45, 7) is 10.6. The van der Waals surface area contributed by atoms with E-state index in [4.69, 9.17) is 0 Å². The predicted octanol–water partition coefficient (Wildman–Crippen LogP) is 2.20. The van der Waals surface area contributed by atoms with Gasteiger partial charge in [0.05, 0.1) is 7.05 Å². The number of aliphatic carboxylic acids is 1. The Kier molecular flexibility index (Phi) is 3.86. The molecule has 2 rings (SSSR count). The Hall–Kier alpha value is -1.46. The maximum Gasteiger partial charge on any atom is 0.345 e. The minimum Gasteiger partial charge on any atom is -0.477 e. The number of nitrogens with one attached hydrogen (secondary N) is 1. The zero-order valence-electron chi connectivity index (χ0n) is 14.4. The molecule has 2 N–H and O–H groups in total. The zero-order valence-corrected chi connectivity index (χ0v) is 14.4. The topological polar surface area (TPSA) is 66.4 Å². The third-order valence-corrected chi connectivity index (χ3v) is 4.92. The van der Waals surface area contributed by atoms with E-state index >= 15 is 0 Å². The highest BCUT2D eigenvalue weighted by Gasteiger charge is 2.48. The fraction of sp³-hybridized carbons (Fsp3) is 0.647. The number of carboxylic acids is 1. The van der Waals surface area contributed by atoms with Gasteiger partial charge in [0.2, 0.25) is 5.78 Å². The van der Waals surface area contributed by atoms with Crippen molar-refractivity contribution in [3.05, 3.63) is 23.5 Å². The first-order chi connectivity index (χ1) is 9.86. The number of allylic oxidation sites excluding steroid dienone is 2. The number of piperidine rings is 1. The first kappa shape index (κ1) is 16.9. The lowest BCUT2D eigenvalue weighted by Crippen LogP contribution is -2.65. The molecule has 2 aliphatic heterocycles. The van der Waals surface area contributed by atoms with Gasteiger partial charge in [0.1, 0.15) is 17.9 Å². The Bertz CT molecular complexity index is 571. The van der Waals surface area contributed by atoms with Crippen LogP contribution in [0, 0.1) is 0 Å². The molecule has 5 nitrogen and oxygen atoms in total. The van der Waals surface area contributed by atoms with Gasteiger partial charge in [0.15, 0.2) is 5.57 Å². The van der Waals surface area contributed by atoms with Gasteiger partial charge < -0.3 is 10.4 Å². The molecule has 1 atom stereocenters. The third kappa shape index (κ3) is 3.01. The number of carbonyl (C=O) groups is 2. The van der Waals surface area contributed by atoms with Crippen molar-refractivity contribution in [2.75, 3.05) is 7.05 Å². The van der Waals surface area contributed by atoms with Gasteiger partial charge in [-0.3, -0.25) is 9.28 Å². The molecule has 5 heteroatoms. The monoisotopic (exact) mass is 307 g/mol. The minimum absolute atomic E-state index is 0.0351. The Morgan fingerprint density at radius 2 is 1.77 bits per heavy atom. The highest BCUT2D eigenvalue weighted by atomic mass is 16.4. The summed E-state index contributed by atoms with van der Waals surface area (Å²) in [5.74, 6) is -1.56. The first-order valence-corrected chi connectivity index (χ1v) is 7.71. The zero-order chi connectivity index (χ0) is 16.9. The maximum atomic E-state index is 11.9. The van der Waals surface area contributed by atoms with E-state index in [9.17, 15) is 14.7 Å². The van der Waals surface area contributed by atoms with E-state index < -0.39 is 11.8 Å². The van der Waals surface area contributed by atoms with Gasteiger partial charge in [0, 0.05) is 36.9 Å². The van der Waals surface area contributed by atoms with Crippen LogP contribution in [0.15, 0.2) is 23.5 Å². The van der Waals surface area contributed by atoms with Crippen molar-refractivity contribution in [1.82, 2.24) is 5.32 Å². The molecule has 0 aromatic heterocycles. The average Bonchev–Trinajstić information content (AvgIpc) is 2.29. The Morgan fingerprint density at radius 1 is 1.27 bits per heavy atom. The second-order valence-electron chi connectivity index (χ2n) is 8.10. The number of ketones is 1. The van der Waals surface area contributed by atoms with Crippen LogP contribution in [0.3, 0.4) is 0 Å². The van der Waals surface area contributed by atoms with Gasteiger partial charge in [-0.05, 0) is 27.7 Å². The molecule has 0 spiro atoms. The molecule has 1 unspecified atom stereocenters. The molecule has 1 saturated heterocycles. The molecule has 22 heavy (non-hydrogen) atoms. The van der Waals surface area contributed by atoms with Crippen LogP contribution < -0.4 is 5.32 Å². The summed E-state index contributed by atoms with van der Waals surface area (Å²) in [4.78, 5) is 23.3. The molecule has 0 saturated carbocycles. The fourth-order valence-corrected chi connectivity index (χ4v) is 4.04. The standard InChI is InChI=1S/C17H26N2O3/c1-11-7-14(20)13(15(21)22)10-19(11,6)12-8-16(2,3)18-17(4,5)9-12/h7,10,12,18H,8-9H2,1-6H3/p+1. The van der Waals surface area contributed by atoms with E-state index in [-0.39, 0.29) is 22.7 Å². The lowest BCUT2D eigenvalue weighted by molar-refractivity contribution is -0.851. The Balaban J connectivity index is 2.46. The number of carboxylic acid groups (broad SMARTS) is 1. The van der Waals surface area contributed by atoms with E-state index in [0.29, 0.717) is 4.48 Å². The van der Waals surface area contributed by atoms with E-state index in [1.54, 1.807) is 6.20 Å². The van der Waals surface area contributed by atoms with Gasteiger partial charge in [0.25, 0.3) is 0 Å². The van der Waals surface area contributed by atoms with Gasteiger partial charge in [-0.2, -0.15) is 0 Å². The molecule has 0 aromatic rings. The summed E-state index contributed by atoms with van der Waals surface area (Å²) >= 11 is 0. The van der Waals surface area contributed by atoms with Crippen LogP contribution in [-0.4, -0.2) is 45.5 Å². The van der Waals surface area contributed by atoms with Crippen molar-refractivity contribution in [2.45, 2.75) is 64.6 Å². The Morgan fingerprint density at radius 3 is 2.23 bits per heavy atom. The fourth-order valence-electron chi connectivity index (χ4n) is 4.04. The van der Waals surface area contributed by atoms with E-state index in [0.717, 1.165) is 18.5 Å². The second kappa shape index (κ2) is 5.03. The number of hydrogen-bond acceptors (Lipinski definition) is 3. The van der Waals surface area contributed by atoms with Crippen LogP contribution in [0.25, 0.3) is 0 Å². The van der Waals surface area contributed by atoms with Crippen LogP contribution in [0.4, 0.5) is 0 Å². The van der Waals surface area contributed by atoms with E-state index in [1.807, 2.05) is 14.0 Å². The first-order valence-electron chi connectivity index (χ1n) is 7.71. The summed E-state index contributed by atoms with van der Waals surface area (Å²) in [6, 6.07) is 0.227. The average molecular weight is 307 g/mol. The normalized spacial score (nSPS) is 31.5. The van der Waals surface area contributed by atoms with Gasteiger partial charge >= 0.3 is 5.97 Å². The molecule has 0 radical (unpaired) electrons. The van der Waals surface area contributed by atoms with Crippen molar-refractivity contribution in [1.29, 1.82) is 0 Å². The molecule has 0 aliphatic carbocycles. The van der Waals surface area contributed by atoms with Crippen molar-refractivity contribution < 1.29 is 19.2 Å². The van der Waals surface area contributed by atoms with E-state index in [2.05, 4.69) is 33.0 Å². The highest BCUT2D eigenvalue weighted by molar-refractivity contribution is 6.21. The van der Waals surface area contributed by atoms with Crippen LogP contribution in [0.1, 0.15) is 47.5 Å². The van der Waals surface area contributed by atoms with Crippen LogP contribution in [-0.2, 0) is 9.59 Å². The van der Waals surface area contributed by atoms with Crippen LogP contribution >= 0.6 is 0 Å². The lowest BCUT2D eigenvalue weighted by Gasteiger charge is -2.51. The summed E-state index contributed by atoms with van der Waals surface area (Å²) in [5, 5.41) is 12.9. The Labute approximate surface area is 132 Å². The molecule has 0 bridgehead atoms. The van der Waals surface area contributed by atoms with Crippen molar-refractivity contribution in [3.63, 3.8) is 0 Å². The summed E-state index contributed by atoms with van der Waals surface area (Å²) in [6.07, 6.45) is 4.93. The molecule has 0 amide bonds. The number of quaternary nitrogens is 1. The third-order valence-electron chi connectivity index (χ3n) is 4.92. The van der Waals surface area contributed by atoms with Crippen LogP contribution in [0.5, 0.6) is 0 Å². The maximum absolute atomic E-state index is 11.9. The number of rotatable bonds is 2. The van der Waals surface area contributed by atoms with E-state index in [1.165, 1.54) is 6.08 Å². The molecule has 2 heterocycles. The second-order valence-corrected chi connectivity index (χ2v) is 8.10. The van der Waals surface area contributed by atoms with Crippen molar-refractivity contribution >= 4 is 11.8 Å². The molecular formula is C17H27N2O3+. The van der Waals surface area contributed by atoms with Crippen LogP contribution in [0.2, 0.25) is 0 Å². The largest absolute Gasteiger partial charge is 0.477 e. The number of hydrogen-bond donors (Lipinski definition) is 2. The molecule has 2 aliphatic rings. The van der Waals surface area contributed by atoms with Crippen molar-refractivity contribution in [3.8, 4) is 0 Å². The summed E-state index contributed by atoms with van der Waals surface area (Å²) in [5.41, 5.74) is 0.704. The minimum atomic E-state index is -1.15. The molecular weight excluding hydrogens is 280 g/mol. The van der Waals surface area contributed by atoms with Gasteiger partial charge in [-0.25, -0.2) is 4.79 Å². The van der Waals surface area contributed by atoms with Gasteiger partial charge in [-0.1, -0.05) is 0 Å². The molecule has 122 valence electrons. The summed E-state index contributed by atoms with van der Waals surface area (Å²) in [7, 11) is 2.00. The quantitative estimate of drug-likeness (QED) is 0.606. The van der Waals surface area contributed by atoms with Crippen molar-refractivity contribution in [2.24, 2.45) is 0 Å². The predicted molar refractivity (Wildman–Crippen MR) is 85.0 cm³/mol. The molecule has 1 fully saturated rings. The highest BCUT2D eigenvalue weighted by Crippen LogP contribution is 2.38. The molecule has 0 aromatic carbocycles. The number of carbonyl (C=O) groups excluding carboxylic acids is 1. The smallest absolute Gasteiger partial charge is 0.345 e. The summed E-state index contributed by atoms with van der Waals surface area (Å²) < 4.78 is 0.391.